The molecule has 5 aromatic rings. The number of hydrogen-bond acceptors (Lipinski definition) is 12. The third kappa shape index (κ3) is 15.0. The van der Waals surface area contributed by atoms with Crippen molar-refractivity contribution in [2.24, 2.45) is 20.5 Å². The van der Waals surface area contributed by atoms with E-state index in [1.54, 1.807) is 50.2 Å². The Hall–Kier alpha value is -6.43. The summed E-state index contributed by atoms with van der Waals surface area (Å²) in [5.74, 6) is -3.43. The number of nitrogens with one attached hydrogen (secondary N) is 4. The second-order valence-corrected chi connectivity index (χ2v) is 17.8. The van der Waals surface area contributed by atoms with E-state index in [-0.39, 0.29) is 60.6 Å². The van der Waals surface area contributed by atoms with E-state index >= 15 is 0 Å². The number of alkyl halides is 3. The van der Waals surface area contributed by atoms with Gasteiger partial charge in [0.15, 0.2) is 11.6 Å². The summed E-state index contributed by atoms with van der Waals surface area (Å²) >= 11 is 31.5. The van der Waals surface area contributed by atoms with Gasteiger partial charge in [0.05, 0.1) is 46.7 Å². The Morgan fingerprint density at radius 1 is 0.557 bits per heavy atom. The summed E-state index contributed by atoms with van der Waals surface area (Å²) in [6.07, 6.45) is 0. The number of Topliss-reactive ketones (excluding diaryl/α,β-unsaturated/α-hetero) is 2. The van der Waals surface area contributed by atoms with Crippen molar-refractivity contribution in [2.75, 3.05) is 34.5 Å². The molecule has 0 aliphatic heterocycles. The maximum atomic E-state index is 13.5. The van der Waals surface area contributed by atoms with Crippen LogP contribution in [0.1, 0.15) is 89.7 Å². The quantitative estimate of drug-likeness (QED) is 0.0314. The third-order valence-electron chi connectivity index (χ3n) is 9.93. The first-order valence-corrected chi connectivity index (χ1v) is 23.7. The molecule has 0 bridgehead atoms. The summed E-state index contributed by atoms with van der Waals surface area (Å²) in [6.45, 7) is 10.2. The average Bonchev–Trinajstić information content (AvgIpc) is 3.30. The van der Waals surface area contributed by atoms with Crippen molar-refractivity contribution in [3.63, 3.8) is 0 Å². The minimum absolute atomic E-state index is 0.0756. The molecular weight excluding hydrogens is 1010 g/mol. The smallest absolute Gasteiger partial charge is 0.258 e. The van der Waals surface area contributed by atoms with Gasteiger partial charge in [0.2, 0.25) is 12.1 Å². The van der Waals surface area contributed by atoms with Gasteiger partial charge >= 0.3 is 0 Å². The molecule has 0 saturated carbocycles. The first kappa shape index (κ1) is 54.5. The molecule has 0 saturated heterocycles. The number of hydrogen-bond donors (Lipinski definition) is 4. The molecule has 0 aliphatic rings. The highest BCUT2D eigenvalue weighted by Gasteiger charge is 2.26. The molecule has 5 rings (SSSR count). The fraction of sp³-hybridized carbons (Fsp3) is 0.265. The van der Waals surface area contributed by atoms with E-state index in [0.29, 0.717) is 41.7 Å². The molecule has 0 heterocycles. The summed E-state index contributed by atoms with van der Waals surface area (Å²) in [7, 11) is 0. The SMILES string of the molecule is CCOc1ccc(C(C)Cl)cc1NC(=O)c1cc(Cl)cc(N=NC(C(C)=O)C(=O)Nc2ccc(NC(=O)C(N=Nc3cc(Cl)cc(C(=O)Nc4cc(C(C)Cl)ccc4OCC)c3)C(C)=O)c(CCl)c2)c1. The summed E-state index contributed by atoms with van der Waals surface area (Å²) in [5, 5.41) is 26.5. The fourth-order valence-corrected chi connectivity index (χ4v) is 7.42. The molecule has 366 valence electrons. The normalized spacial score (nSPS) is 13.0. The number of nitrogens with zero attached hydrogens (tertiary/aromatic N) is 4. The van der Waals surface area contributed by atoms with Gasteiger partial charge in [-0.3, -0.25) is 28.8 Å². The molecule has 5 aromatic carbocycles. The van der Waals surface area contributed by atoms with Gasteiger partial charge in [-0.1, -0.05) is 35.3 Å². The molecule has 0 aromatic heterocycles. The van der Waals surface area contributed by atoms with E-state index in [1.807, 2.05) is 13.8 Å². The second kappa shape index (κ2) is 25.4. The fourth-order valence-electron chi connectivity index (χ4n) is 6.46. The van der Waals surface area contributed by atoms with E-state index in [1.165, 1.54) is 54.6 Å². The molecule has 21 heteroatoms. The zero-order valence-corrected chi connectivity index (χ0v) is 42.3. The number of azo groups is 2. The lowest BCUT2D eigenvalue weighted by Crippen LogP contribution is -2.32. The van der Waals surface area contributed by atoms with Crippen LogP contribution in [0.2, 0.25) is 10.0 Å². The van der Waals surface area contributed by atoms with E-state index in [4.69, 9.17) is 67.5 Å². The van der Waals surface area contributed by atoms with Crippen LogP contribution >= 0.6 is 58.0 Å². The summed E-state index contributed by atoms with van der Waals surface area (Å²) in [5.41, 5.74) is 3.31. The van der Waals surface area contributed by atoms with E-state index in [9.17, 15) is 28.8 Å². The van der Waals surface area contributed by atoms with Gasteiger partial charge in [-0.15, -0.1) is 34.8 Å². The van der Waals surface area contributed by atoms with Gasteiger partial charge < -0.3 is 30.7 Å². The van der Waals surface area contributed by atoms with Crippen molar-refractivity contribution in [1.82, 2.24) is 0 Å². The molecule has 4 amide bonds. The highest BCUT2D eigenvalue weighted by atomic mass is 35.5. The average molecular weight is 1050 g/mol. The number of carbonyl (C=O) groups is 6. The topological polar surface area (TPSA) is 218 Å². The molecular formula is C49H47Cl5N8O8. The zero-order chi connectivity index (χ0) is 51.2. The highest BCUT2D eigenvalue weighted by molar-refractivity contribution is 6.32. The monoisotopic (exact) mass is 1050 g/mol. The molecule has 4 atom stereocenters. The van der Waals surface area contributed by atoms with Gasteiger partial charge in [0, 0.05) is 38.4 Å². The Morgan fingerprint density at radius 2 is 1.00 bits per heavy atom. The molecule has 0 fully saturated rings. The van der Waals surface area contributed by atoms with Crippen LogP contribution in [0.15, 0.2) is 111 Å². The number of ether oxygens (including phenoxy) is 2. The highest BCUT2D eigenvalue weighted by Crippen LogP contribution is 2.34. The number of ketones is 2. The summed E-state index contributed by atoms with van der Waals surface area (Å²) in [6, 6.07) is 19.8. The zero-order valence-electron chi connectivity index (χ0n) is 38.5. The van der Waals surface area contributed by atoms with E-state index in [2.05, 4.69) is 41.7 Å². The maximum absolute atomic E-state index is 13.5. The molecule has 16 nitrogen and oxygen atoms in total. The van der Waals surface area contributed by atoms with Crippen molar-refractivity contribution >= 4 is 127 Å². The van der Waals surface area contributed by atoms with E-state index in [0.717, 1.165) is 25.0 Å². The lowest BCUT2D eigenvalue weighted by Gasteiger charge is -2.15. The van der Waals surface area contributed by atoms with Crippen molar-refractivity contribution in [2.45, 2.75) is 70.3 Å². The van der Waals surface area contributed by atoms with Crippen molar-refractivity contribution in [1.29, 1.82) is 0 Å². The molecule has 70 heavy (non-hydrogen) atoms. The Labute approximate surface area is 428 Å². The molecule has 0 spiro atoms. The van der Waals surface area contributed by atoms with Crippen LogP contribution in [0.4, 0.5) is 34.1 Å². The number of halogens is 5. The minimum Gasteiger partial charge on any atom is -0.492 e. The molecule has 4 N–H and O–H groups in total. The molecule has 4 unspecified atom stereocenters. The van der Waals surface area contributed by atoms with Gasteiger partial charge in [0.1, 0.15) is 11.5 Å². The lowest BCUT2D eigenvalue weighted by molar-refractivity contribution is -0.127. The van der Waals surface area contributed by atoms with Crippen molar-refractivity contribution in [3.05, 3.63) is 129 Å². The first-order valence-electron chi connectivity index (χ1n) is 21.5. The number of carbonyl (C=O) groups excluding carboxylic acids is 6. The predicted octanol–water partition coefficient (Wildman–Crippen LogP) is 13.0. The number of anilines is 4. The third-order valence-corrected chi connectivity index (χ3v) is 11.2. The van der Waals surface area contributed by atoms with Gasteiger partial charge in [-0.05, 0) is 137 Å². The molecule has 0 aliphatic carbocycles. The Balaban J connectivity index is 1.27. The summed E-state index contributed by atoms with van der Waals surface area (Å²) < 4.78 is 11.3. The number of benzene rings is 5. The van der Waals surface area contributed by atoms with Crippen LogP contribution in [0.5, 0.6) is 11.5 Å². The number of rotatable bonds is 21. The maximum Gasteiger partial charge on any atom is 0.258 e. The van der Waals surface area contributed by atoms with Crippen LogP contribution < -0.4 is 30.7 Å². The van der Waals surface area contributed by atoms with Crippen molar-refractivity contribution in [3.8, 4) is 11.5 Å². The van der Waals surface area contributed by atoms with Gasteiger partial charge in [0.25, 0.3) is 23.6 Å². The van der Waals surface area contributed by atoms with Gasteiger partial charge in [-0.25, -0.2) is 0 Å². The van der Waals surface area contributed by atoms with E-state index < -0.39 is 47.3 Å². The Bertz CT molecular complexity index is 2860. The Kier molecular flexibility index (Phi) is 19.8. The molecule has 0 radical (unpaired) electrons. The second-order valence-electron chi connectivity index (χ2n) is 15.4. The van der Waals surface area contributed by atoms with Crippen LogP contribution in [0, 0.1) is 0 Å². The van der Waals surface area contributed by atoms with Crippen LogP contribution in [0.25, 0.3) is 0 Å². The Morgan fingerprint density at radius 3 is 1.40 bits per heavy atom. The van der Waals surface area contributed by atoms with Crippen LogP contribution in [-0.2, 0) is 25.1 Å². The van der Waals surface area contributed by atoms with Crippen LogP contribution in [0.3, 0.4) is 0 Å². The number of amides is 4. The summed E-state index contributed by atoms with van der Waals surface area (Å²) in [4.78, 5) is 79.1. The predicted molar refractivity (Wildman–Crippen MR) is 274 cm³/mol. The van der Waals surface area contributed by atoms with Gasteiger partial charge in [-0.2, -0.15) is 20.5 Å². The lowest BCUT2D eigenvalue weighted by atomic mass is 10.1. The standard InChI is InChI=1S/C49H47Cl5N8O8/c1-7-69-42-13-9-29(25(3)51)20-40(42)57-46(65)31-15-34(53)22-37(17-31)59-61-44(27(5)63)48(67)55-36-11-12-39(33(19-36)24-50)56-49(68)45(28(6)64)62-60-38-18-32(16-35(54)23-38)47(66)58-41-21-30(26(4)52)10-14-43(41)70-8-2/h9-23,25-26,44-45H,7-8,24H2,1-6H3,(H,55,67)(H,56,68)(H,57,65)(H,58,66). The largest absolute Gasteiger partial charge is 0.492 e. The van der Waals surface area contributed by atoms with Crippen molar-refractivity contribution < 1.29 is 38.2 Å². The van der Waals surface area contributed by atoms with Crippen LogP contribution in [-0.4, -0.2) is 60.5 Å². The first-order chi connectivity index (χ1) is 33.3. The minimum atomic E-state index is -1.63.